The molecule has 0 radical (unpaired) electrons. The van der Waals surface area contributed by atoms with E-state index in [1.54, 1.807) is 24.5 Å². The Morgan fingerprint density at radius 2 is 1.69 bits per heavy atom. The van der Waals surface area contributed by atoms with Gasteiger partial charge >= 0.3 is 6.09 Å². The molecule has 0 saturated heterocycles. The predicted molar refractivity (Wildman–Crippen MR) is 48.3 cm³/mol. The Morgan fingerprint density at radius 1 is 1.15 bits per heavy atom. The molecule has 0 amide bonds. The molecule has 1 heterocycles. The number of carbonyl (C=O) groups excluding carboxylic acids is 1. The molecule has 0 spiro atoms. The number of aromatic nitrogens is 1. The van der Waals surface area contributed by atoms with E-state index in [4.69, 9.17) is 4.74 Å². The van der Waals surface area contributed by atoms with Gasteiger partial charge in [0, 0.05) is 12.1 Å². The van der Waals surface area contributed by atoms with E-state index in [2.05, 4.69) is 0 Å². The molecule has 1 rings (SSSR count). The highest BCUT2D eigenvalue weighted by Gasteiger charge is 2.23. The molecule has 0 aliphatic heterocycles. The molecule has 0 aromatic carbocycles. The Labute approximate surface area is 78.0 Å². The van der Waals surface area contributed by atoms with Gasteiger partial charge in [-0.15, -0.1) is 0 Å². The highest BCUT2D eigenvalue weighted by molar-refractivity contribution is 5.57. The number of carbonyl (C=O) groups is 1. The lowest BCUT2D eigenvalue weighted by molar-refractivity contribution is -0.588. The Hall–Kier alpha value is -1.38. The Balaban J connectivity index is 2.71. The van der Waals surface area contributed by atoms with Crippen LogP contribution >= 0.6 is 0 Å². The molecule has 0 aliphatic carbocycles. The lowest BCUT2D eigenvalue weighted by atomic mass is 10.2. The smallest absolute Gasteiger partial charge is 0.406 e. The SMILES string of the molecule is CC(C)(C)OC(=O)[n+]1ccccc1. The van der Waals surface area contributed by atoms with Crippen molar-refractivity contribution < 1.29 is 14.1 Å². The normalized spacial score (nSPS) is 11.0. The minimum Gasteiger partial charge on any atom is -0.406 e. The van der Waals surface area contributed by atoms with Gasteiger partial charge < -0.3 is 4.74 Å². The minimum atomic E-state index is -0.445. The van der Waals surface area contributed by atoms with E-state index in [0.717, 1.165) is 0 Å². The standard InChI is InChI=1S/C10H14NO2/c1-10(2,3)13-9(12)11-7-5-4-6-8-11/h4-8H,1-3H3/q+1. The van der Waals surface area contributed by atoms with Crippen molar-refractivity contribution in [2.75, 3.05) is 0 Å². The zero-order valence-electron chi connectivity index (χ0n) is 8.15. The average Bonchev–Trinajstić information content (AvgIpc) is 2.03. The van der Waals surface area contributed by atoms with Crippen LogP contribution in [0, 0.1) is 0 Å². The maximum atomic E-state index is 11.4. The molecule has 1 aromatic heterocycles. The molecule has 0 bridgehead atoms. The van der Waals surface area contributed by atoms with Crippen LogP contribution < -0.4 is 4.57 Å². The van der Waals surface area contributed by atoms with E-state index < -0.39 is 5.60 Å². The maximum absolute atomic E-state index is 11.4. The van der Waals surface area contributed by atoms with E-state index in [1.807, 2.05) is 26.8 Å². The van der Waals surface area contributed by atoms with E-state index in [1.165, 1.54) is 4.57 Å². The number of nitrogens with zero attached hydrogens (tertiary/aromatic N) is 1. The van der Waals surface area contributed by atoms with Gasteiger partial charge in [0.25, 0.3) is 0 Å². The van der Waals surface area contributed by atoms with Crippen LogP contribution in [0.2, 0.25) is 0 Å². The molecule has 0 saturated carbocycles. The van der Waals surface area contributed by atoms with Crippen LogP contribution in [-0.2, 0) is 4.74 Å². The first-order valence-corrected chi connectivity index (χ1v) is 4.19. The Kier molecular flexibility index (Phi) is 2.66. The highest BCUT2D eigenvalue weighted by atomic mass is 16.6. The molecule has 0 fully saturated rings. The summed E-state index contributed by atoms with van der Waals surface area (Å²) in [5, 5.41) is 0. The number of hydrogen-bond acceptors (Lipinski definition) is 2. The third kappa shape index (κ3) is 3.23. The first kappa shape index (κ1) is 9.71. The van der Waals surface area contributed by atoms with E-state index >= 15 is 0 Å². The van der Waals surface area contributed by atoms with E-state index in [0.29, 0.717) is 0 Å². The third-order valence-corrected chi connectivity index (χ3v) is 1.32. The van der Waals surface area contributed by atoms with Crippen LogP contribution in [0.4, 0.5) is 4.79 Å². The van der Waals surface area contributed by atoms with Crippen molar-refractivity contribution in [2.45, 2.75) is 26.4 Å². The van der Waals surface area contributed by atoms with Crippen molar-refractivity contribution in [3.63, 3.8) is 0 Å². The van der Waals surface area contributed by atoms with Crippen molar-refractivity contribution >= 4 is 6.09 Å². The predicted octanol–water partition coefficient (Wildman–Crippen LogP) is 1.76. The second-order valence-corrected chi connectivity index (χ2v) is 3.76. The molecule has 0 N–H and O–H groups in total. The summed E-state index contributed by atoms with van der Waals surface area (Å²) in [4.78, 5) is 11.4. The lowest BCUT2D eigenvalue weighted by Crippen LogP contribution is -2.45. The van der Waals surface area contributed by atoms with Gasteiger partial charge in [-0.05, 0) is 20.8 Å². The summed E-state index contributed by atoms with van der Waals surface area (Å²) < 4.78 is 6.56. The molecule has 0 aliphatic rings. The second kappa shape index (κ2) is 3.56. The summed E-state index contributed by atoms with van der Waals surface area (Å²) in [7, 11) is 0. The summed E-state index contributed by atoms with van der Waals surface area (Å²) >= 11 is 0. The van der Waals surface area contributed by atoms with Crippen molar-refractivity contribution in [1.29, 1.82) is 0 Å². The fourth-order valence-corrected chi connectivity index (χ4v) is 0.835. The Morgan fingerprint density at radius 3 is 2.15 bits per heavy atom. The molecular weight excluding hydrogens is 166 g/mol. The number of pyridine rings is 1. The average molecular weight is 180 g/mol. The molecular formula is C10H14NO2+. The van der Waals surface area contributed by atoms with Crippen LogP contribution in [0.3, 0.4) is 0 Å². The van der Waals surface area contributed by atoms with Gasteiger partial charge in [0.2, 0.25) is 0 Å². The van der Waals surface area contributed by atoms with Crippen LogP contribution in [0.25, 0.3) is 0 Å². The molecule has 0 unspecified atom stereocenters. The van der Waals surface area contributed by atoms with Crippen molar-refractivity contribution in [3.05, 3.63) is 30.6 Å². The largest absolute Gasteiger partial charge is 0.602 e. The van der Waals surface area contributed by atoms with Gasteiger partial charge in [0.1, 0.15) is 5.60 Å². The van der Waals surface area contributed by atoms with Crippen LogP contribution in [0.5, 0.6) is 0 Å². The fraction of sp³-hybridized carbons (Fsp3) is 0.400. The minimum absolute atomic E-state index is 0.354. The topological polar surface area (TPSA) is 30.2 Å². The van der Waals surface area contributed by atoms with Crippen LogP contribution in [-0.4, -0.2) is 11.7 Å². The first-order chi connectivity index (χ1) is 5.99. The fourth-order valence-electron chi connectivity index (χ4n) is 0.835. The summed E-state index contributed by atoms with van der Waals surface area (Å²) in [6.07, 6.45) is 2.97. The van der Waals surface area contributed by atoms with Crippen molar-refractivity contribution in [1.82, 2.24) is 0 Å². The molecule has 3 nitrogen and oxygen atoms in total. The molecule has 1 aromatic rings. The second-order valence-electron chi connectivity index (χ2n) is 3.76. The van der Waals surface area contributed by atoms with E-state index in [-0.39, 0.29) is 6.09 Å². The number of ether oxygens (including phenoxy) is 1. The maximum Gasteiger partial charge on any atom is 0.602 e. The van der Waals surface area contributed by atoms with Gasteiger partial charge in [0.15, 0.2) is 12.4 Å². The number of rotatable bonds is 0. The van der Waals surface area contributed by atoms with Gasteiger partial charge in [0.05, 0.1) is 0 Å². The van der Waals surface area contributed by atoms with Crippen molar-refractivity contribution in [2.24, 2.45) is 0 Å². The summed E-state index contributed by atoms with van der Waals surface area (Å²) in [6, 6.07) is 5.41. The van der Waals surface area contributed by atoms with Gasteiger partial charge in [-0.3, -0.25) is 0 Å². The molecule has 0 atom stereocenters. The first-order valence-electron chi connectivity index (χ1n) is 4.19. The molecule has 13 heavy (non-hydrogen) atoms. The molecule has 70 valence electrons. The summed E-state index contributed by atoms with van der Waals surface area (Å²) in [5.74, 6) is 0. The van der Waals surface area contributed by atoms with Gasteiger partial charge in [-0.2, -0.15) is 4.79 Å². The van der Waals surface area contributed by atoms with Gasteiger partial charge in [-0.25, -0.2) is 0 Å². The summed E-state index contributed by atoms with van der Waals surface area (Å²) in [6.45, 7) is 5.52. The van der Waals surface area contributed by atoms with Gasteiger partial charge in [-0.1, -0.05) is 10.6 Å². The molecule has 3 heteroatoms. The summed E-state index contributed by atoms with van der Waals surface area (Å²) in [5.41, 5.74) is -0.445. The highest BCUT2D eigenvalue weighted by Crippen LogP contribution is 2.05. The quantitative estimate of drug-likeness (QED) is 0.569. The third-order valence-electron chi connectivity index (χ3n) is 1.32. The Bertz CT molecular complexity index is 288. The zero-order chi connectivity index (χ0) is 9.90. The van der Waals surface area contributed by atoms with Crippen LogP contribution in [0.15, 0.2) is 30.6 Å². The lowest BCUT2D eigenvalue weighted by Gasteiger charge is -2.15. The monoisotopic (exact) mass is 180 g/mol. The van der Waals surface area contributed by atoms with E-state index in [9.17, 15) is 4.79 Å². The number of hydrogen-bond donors (Lipinski definition) is 0. The van der Waals surface area contributed by atoms with Crippen LogP contribution in [0.1, 0.15) is 20.8 Å². The zero-order valence-corrected chi connectivity index (χ0v) is 8.15. The van der Waals surface area contributed by atoms with Crippen molar-refractivity contribution in [3.8, 4) is 0 Å².